The number of rotatable bonds is 4. The highest BCUT2D eigenvalue weighted by atomic mass is 16.3. The van der Waals surface area contributed by atoms with E-state index in [1.54, 1.807) is 12.1 Å². The molecule has 4 nitrogen and oxygen atoms in total. The summed E-state index contributed by atoms with van der Waals surface area (Å²) in [5.41, 5.74) is 1.50. The number of aromatic hydroxyl groups is 1. The number of nitriles is 1. The number of nitrogens with zero attached hydrogens (tertiary/aromatic N) is 1. The maximum Gasteiger partial charge on any atom is 0.242 e. The van der Waals surface area contributed by atoms with Gasteiger partial charge in [0.2, 0.25) is 5.91 Å². The SMILES string of the molecule is N#CC(Cc1ccccc1)C(=O)Nc1ccc(O)cc1. The van der Waals surface area contributed by atoms with Crippen LogP contribution in [0.3, 0.4) is 0 Å². The summed E-state index contributed by atoms with van der Waals surface area (Å²) in [5.74, 6) is -0.961. The second-order valence-corrected chi connectivity index (χ2v) is 4.41. The summed E-state index contributed by atoms with van der Waals surface area (Å²) in [7, 11) is 0. The van der Waals surface area contributed by atoms with Crippen LogP contribution in [0, 0.1) is 17.2 Å². The molecule has 1 amide bonds. The highest BCUT2D eigenvalue weighted by molar-refractivity contribution is 5.94. The number of nitrogens with one attached hydrogen (secondary N) is 1. The molecule has 2 aromatic rings. The third-order valence-electron chi connectivity index (χ3n) is 2.89. The molecule has 0 radical (unpaired) electrons. The van der Waals surface area contributed by atoms with Crippen LogP contribution in [-0.2, 0) is 11.2 Å². The van der Waals surface area contributed by atoms with Gasteiger partial charge < -0.3 is 10.4 Å². The highest BCUT2D eigenvalue weighted by Crippen LogP contribution is 2.16. The average molecular weight is 266 g/mol. The third kappa shape index (κ3) is 3.59. The van der Waals surface area contributed by atoms with E-state index in [0.29, 0.717) is 12.1 Å². The first-order chi connectivity index (χ1) is 9.69. The van der Waals surface area contributed by atoms with E-state index in [-0.39, 0.29) is 11.7 Å². The van der Waals surface area contributed by atoms with Gasteiger partial charge in [0.15, 0.2) is 0 Å². The molecule has 0 fully saturated rings. The fourth-order valence-corrected chi connectivity index (χ4v) is 1.82. The molecule has 0 bridgehead atoms. The predicted molar refractivity (Wildman–Crippen MR) is 76.0 cm³/mol. The molecule has 2 aromatic carbocycles. The van der Waals surface area contributed by atoms with Gasteiger partial charge >= 0.3 is 0 Å². The van der Waals surface area contributed by atoms with Crippen LogP contribution in [0.25, 0.3) is 0 Å². The first-order valence-corrected chi connectivity index (χ1v) is 6.22. The lowest BCUT2D eigenvalue weighted by atomic mass is 10.00. The van der Waals surface area contributed by atoms with Gasteiger partial charge in [0, 0.05) is 5.69 Å². The van der Waals surface area contributed by atoms with Gasteiger partial charge in [-0.25, -0.2) is 0 Å². The fraction of sp³-hybridized carbons (Fsp3) is 0.125. The Morgan fingerprint density at radius 2 is 1.80 bits per heavy atom. The Labute approximate surface area is 117 Å². The summed E-state index contributed by atoms with van der Waals surface area (Å²) < 4.78 is 0. The second kappa shape index (κ2) is 6.39. The van der Waals surface area contributed by atoms with Crippen molar-refractivity contribution in [3.8, 4) is 11.8 Å². The number of carbonyl (C=O) groups is 1. The first-order valence-electron chi connectivity index (χ1n) is 6.22. The summed E-state index contributed by atoms with van der Waals surface area (Å²) >= 11 is 0. The van der Waals surface area contributed by atoms with E-state index >= 15 is 0 Å². The smallest absolute Gasteiger partial charge is 0.242 e. The summed E-state index contributed by atoms with van der Waals surface area (Å²) in [6.45, 7) is 0. The van der Waals surface area contributed by atoms with Crippen LogP contribution in [-0.4, -0.2) is 11.0 Å². The van der Waals surface area contributed by atoms with E-state index in [4.69, 9.17) is 5.26 Å². The van der Waals surface area contributed by atoms with E-state index in [1.807, 2.05) is 36.4 Å². The normalized spacial score (nSPS) is 11.3. The van der Waals surface area contributed by atoms with E-state index in [2.05, 4.69) is 5.32 Å². The molecule has 0 aliphatic carbocycles. The van der Waals surface area contributed by atoms with E-state index < -0.39 is 5.92 Å². The van der Waals surface area contributed by atoms with Crippen LogP contribution in [0.4, 0.5) is 5.69 Å². The largest absolute Gasteiger partial charge is 0.508 e. The summed E-state index contributed by atoms with van der Waals surface area (Å²) in [6.07, 6.45) is 0.376. The van der Waals surface area contributed by atoms with Crippen molar-refractivity contribution in [3.05, 3.63) is 60.2 Å². The number of amides is 1. The molecule has 20 heavy (non-hydrogen) atoms. The molecule has 2 rings (SSSR count). The van der Waals surface area contributed by atoms with Crippen LogP contribution in [0.2, 0.25) is 0 Å². The van der Waals surface area contributed by atoms with Gasteiger partial charge in [-0.1, -0.05) is 30.3 Å². The molecule has 4 heteroatoms. The lowest BCUT2D eigenvalue weighted by molar-refractivity contribution is -0.118. The number of carbonyl (C=O) groups excluding carboxylic acids is 1. The Kier molecular flexibility index (Phi) is 4.35. The summed E-state index contributed by atoms with van der Waals surface area (Å²) in [5, 5.41) is 21.0. The highest BCUT2D eigenvalue weighted by Gasteiger charge is 2.18. The molecule has 1 atom stereocenters. The minimum Gasteiger partial charge on any atom is -0.508 e. The fourth-order valence-electron chi connectivity index (χ4n) is 1.82. The lowest BCUT2D eigenvalue weighted by Crippen LogP contribution is -2.23. The van der Waals surface area contributed by atoms with Crippen LogP contribution < -0.4 is 5.32 Å². The molecule has 0 aromatic heterocycles. The molecule has 0 saturated carbocycles. The second-order valence-electron chi connectivity index (χ2n) is 4.41. The Bertz CT molecular complexity index is 615. The van der Waals surface area contributed by atoms with Crippen LogP contribution in [0.5, 0.6) is 5.75 Å². The Morgan fingerprint density at radius 3 is 2.40 bits per heavy atom. The van der Waals surface area contributed by atoms with E-state index in [0.717, 1.165) is 5.56 Å². The molecule has 0 aliphatic rings. The van der Waals surface area contributed by atoms with Crippen molar-refractivity contribution in [1.29, 1.82) is 5.26 Å². The first kappa shape index (κ1) is 13.6. The average Bonchev–Trinajstić information content (AvgIpc) is 2.48. The number of hydrogen-bond donors (Lipinski definition) is 2. The molecule has 0 heterocycles. The predicted octanol–water partition coefficient (Wildman–Crippen LogP) is 2.71. The Hall–Kier alpha value is -2.80. The van der Waals surface area contributed by atoms with Gasteiger partial charge in [-0.05, 0) is 36.2 Å². The van der Waals surface area contributed by atoms with Crippen molar-refractivity contribution in [2.75, 3.05) is 5.32 Å². The zero-order valence-corrected chi connectivity index (χ0v) is 10.8. The van der Waals surface area contributed by atoms with Gasteiger partial charge in [0.1, 0.15) is 11.7 Å². The van der Waals surface area contributed by atoms with Crippen molar-refractivity contribution in [1.82, 2.24) is 0 Å². The maximum atomic E-state index is 12.0. The van der Waals surface area contributed by atoms with Gasteiger partial charge in [0.05, 0.1) is 6.07 Å². The maximum absolute atomic E-state index is 12.0. The van der Waals surface area contributed by atoms with Gasteiger partial charge in [-0.2, -0.15) is 5.26 Å². The topological polar surface area (TPSA) is 73.1 Å². The third-order valence-corrected chi connectivity index (χ3v) is 2.89. The molecule has 0 aliphatic heterocycles. The van der Waals surface area contributed by atoms with Crippen LogP contribution in [0.15, 0.2) is 54.6 Å². The van der Waals surface area contributed by atoms with Crippen molar-refractivity contribution >= 4 is 11.6 Å². The van der Waals surface area contributed by atoms with Crippen LogP contribution in [0.1, 0.15) is 5.56 Å². The zero-order valence-electron chi connectivity index (χ0n) is 10.8. The number of phenols is 1. The monoisotopic (exact) mass is 266 g/mol. The number of hydrogen-bond acceptors (Lipinski definition) is 3. The molecule has 2 N–H and O–H groups in total. The molecular weight excluding hydrogens is 252 g/mol. The van der Waals surface area contributed by atoms with Gasteiger partial charge in [-0.15, -0.1) is 0 Å². The molecule has 1 unspecified atom stereocenters. The van der Waals surface area contributed by atoms with Crippen molar-refractivity contribution in [3.63, 3.8) is 0 Å². The lowest BCUT2D eigenvalue weighted by Gasteiger charge is -2.10. The number of benzene rings is 2. The number of phenolic OH excluding ortho intramolecular Hbond substituents is 1. The van der Waals surface area contributed by atoms with Crippen LogP contribution >= 0.6 is 0 Å². The van der Waals surface area contributed by atoms with E-state index in [9.17, 15) is 9.90 Å². The minimum absolute atomic E-state index is 0.129. The molecule has 0 saturated heterocycles. The van der Waals surface area contributed by atoms with Gasteiger partial charge in [0.25, 0.3) is 0 Å². The van der Waals surface area contributed by atoms with Gasteiger partial charge in [-0.3, -0.25) is 4.79 Å². The summed E-state index contributed by atoms with van der Waals surface area (Å²) in [4.78, 5) is 12.0. The minimum atomic E-state index is -0.744. The molecule has 100 valence electrons. The van der Waals surface area contributed by atoms with Crippen molar-refractivity contribution in [2.45, 2.75) is 6.42 Å². The zero-order chi connectivity index (χ0) is 14.4. The molecule has 0 spiro atoms. The Balaban J connectivity index is 2.03. The van der Waals surface area contributed by atoms with E-state index in [1.165, 1.54) is 12.1 Å². The number of anilines is 1. The van der Waals surface area contributed by atoms with Crippen molar-refractivity contribution in [2.24, 2.45) is 5.92 Å². The Morgan fingerprint density at radius 1 is 1.15 bits per heavy atom. The molecular formula is C16H14N2O2. The summed E-state index contributed by atoms with van der Waals surface area (Å²) in [6, 6.07) is 17.6. The standard InChI is InChI=1S/C16H14N2O2/c17-11-13(10-12-4-2-1-3-5-12)16(20)18-14-6-8-15(19)9-7-14/h1-9,13,19H,10H2,(H,18,20). The quantitative estimate of drug-likeness (QED) is 0.836. The van der Waals surface area contributed by atoms with Crippen molar-refractivity contribution < 1.29 is 9.90 Å².